The van der Waals surface area contributed by atoms with Gasteiger partial charge in [0.25, 0.3) is 0 Å². The van der Waals surface area contributed by atoms with Crippen molar-refractivity contribution in [2.45, 2.75) is 25.9 Å². The van der Waals surface area contributed by atoms with Gasteiger partial charge in [-0.2, -0.15) is 0 Å². The first-order valence-corrected chi connectivity index (χ1v) is 9.02. The van der Waals surface area contributed by atoms with E-state index in [0.29, 0.717) is 36.0 Å². The van der Waals surface area contributed by atoms with Crippen LogP contribution in [-0.2, 0) is 21.1 Å². The molecule has 1 unspecified atom stereocenters. The highest BCUT2D eigenvalue weighted by atomic mass is 32.2. The quantitative estimate of drug-likeness (QED) is 0.457. The van der Waals surface area contributed by atoms with Crippen LogP contribution in [0.15, 0.2) is 15.5 Å². The maximum Gasteiger partial charge on any atom is 0.341 e. The standard InChI is InChI=1S/C14H21N3O5S/c1-9-12(13(18)21-3)6-11(22-9)7-16-14(15-2)17-10-4-5-23(19,20)8-10/h6,10H,4-5,7-8H2,1-3H3,(H2,15,16,17). The van der Waals surface area contributed by atoms with Crippen LogP contribution < -0.4 is 10.6 Å². The molecule has 1 aliphatic rings. The van der Waals surface area contributed by atoms with Gasteiger partial charge in [-0.25, -0.2) is 13.2 Å². The molecule has 1 aliphatic heterocycles. The Bertz CT molecular complexity index is 708. The number of aryl methyl sites for hydroxylation is 1. The van der Waals surface area contributed by atoms with E-state index in [0.717, 1.165) is 0 Å². The maximum absolute atomic E-state index is 11.5. The fraction of sp³-hybridized carbons (Fsp3) is 0.571. The number of furan rings is 1. The van der Waals surface area contributed by atoms with Gasteiger partial charge in [-0.05, 0) is 19.4 Å². The minimum atomic E-state index is -2.95. The van der Waals surface area contributed by atoms with Crippen LogP contribution in [0.3, 0.4) is 0 Å². The van der Waals surface area contributed by atoms with E-state index in [4.69, 9.17) is 4.42 Å². The largest absolute Gasteiger partial charge is 0.465 e. The fourth-order valence-electron chi connectivity index (χ4n) is 2.41. The van der Waals surface area contributed by atoms with Gasteiger partial charge in [0.1, 0.15) is 17.1 Å². The zero-order valence-corrected chi connectivity index (χ0v) is 14.2. The first-order chi connectivity index (χ1) is 10.8. The van der Waals surface area contributed by atoms with Gasteiger partial charge < -0.3 is 19.8 Å². The number of carbonyl (C=O) groups excluding carboxylic acids is 1. The number of nitrogens with one attached hydrogen (secondary N) is 2. The molecular formula is C14H21N3O5S. The van der Waals surface area contributed by atoms with Crippen molar-refractivity contribution in [1.29, 1.82) is 0 Å². The predicted octanol–water partition coefficient (Wildman–Crippen LogP) is 0.227. The third-order valence-corrected chi connectivity index (χ3v) is 5.37. The molecule has 23 heavy (non-hydrogen) atoms. The van der Waals surface area contributed by atoms with Crippen LogP contribution in [0.4, 0.5) is 0 Å². The third-order valence-electron chi connectivity index (χ3n) is 3.60. The topological polar surface area (TPSA) is 110 Å². The van der Waals surface area contributed by atoms with Crippen molar-refractivity contribution in [3.05, 3.63) is 23.2 Å². The van der Waals surface area contributed by atoms with E-state index in [-0.39, 0.29) is 17.5 Å². The first-order valence-electron chi connectivity index (χ1n) is 7.20. The summed E-state index contributed by atoms with van der Waals surface area (Å²) in [4.78, 5) is 15.6. The summed E-state index contributed by atoms with van der Waals surface area (Å²) in [5.74, 6) is 1.39. The third kappa shape index (κ3) is 4.47. The first kappa shape index (κ1) is 17.3. The second-order valence-electron chi connectivity index (χ2n) is 5.34. The van der Waals surface area contributed by atoms with E-state index in [2.05, 4.69) is 20.4 Å². The zero-order chi connectivity index (χ0) is 17.0. The number of aliphatic imine (C=N–C) groups is 1. The van der Waals surface area contributed by atoms with Crippen molar-refractivity contribution < 1.29 is 22.4 Å². The van der Waals surface area contributed by atoms with E-state index in [1.54, 1.807) is 20.0 Å². The zero-order valence-electron chi connectivity index (χ0n) is 13.4. The lowest BCUT2D eigenvalue weighted by atomic mass is 10.2. The minimum absolute atomic E-state index is 0.111. The summed E-state index contributed by atoms with van der Waals surface area (Å²) in [5, 5.41) is 6.11. The summed E-state index contributed by atoms with van der Waals surface area (Å²) < 4.78 is 33.1. The van der Waals surface area contributed by atoms with Crippen molar-refractivity contribution in [3.8, 4) is 0 Å². The Morgan fingerprint density at radius 3 is 2.83 bits per heavy atom. The lowest BCUT2D eigenvalue weighted by Crippen LogP contribution is -2.43. The number of rotatable bonds is 4. The number of nitrogens with zero attached hydrogens (tertiary/aromatic N) is 1. The second kappa shape index (κ2) is 7.03. The SMILES string of the molecule is CN=C(NCc1cc(C(=O)OC)c(C)o1)NC1CCS(=O)(=O)C1. The second-order valence-corrected chi connectivity index (χ2v) is 7.57. The van der Waals surface area contributed by atoms with E-state index >= 15 is 0 Å². The average Bonchev–Trinajstić information content (AvgIpc) is 3.04. The van der Waals surface area contributed by atoms with Gasteiger partial charge in [0.2, 0.25) is 0 Å². The number of esters is 1. The van der Waals surface area contributed by atoms with Gasteiger partial charge >= 0.3 is 5.97 Å². The number of methoxy groups -OCH3 is 1. The lowest BCUT2D eigenvalue weighted by Gasteiger charge is -2.15. The van der Waals surface area contributed by atoms with Crippen molar-refractivity contribution in [1.82, 2.24) is 10.6 Å². The van der Waals surface area contributed by atoms with E-state index in [1.165, 1.54) is 7.11 Å². The number of guanidine groups is 1. The Morgan fingerprint density at radius 2 is 2.26 bits per heavy atom. The van der Waals surface area contributed by atoms with Crippen LogP contribution in [0.1, 0.15) is 28.3 Å². The van der Waals surface area contributed by atoms with Crippen molar-refractivity contribution in [2.75, 3.05) is 25.7 Å². The summed E-state index contributed by atoms with van der Waals surface area (Å²) in [7, 11) is -0.0295. The van der Waals surface area contributed by atoms with Gasteiger partial charge in [0, 0.05) is 13.1 Å². The molecular weight excluding hydrogens is 322 g/mol. The molecule has 0 amide bonds. The molecule has 1 fully saturated rings. The van der Waals surface area contributed by atoms with Gasteiger partial charge in [0.15, 0.2) is 15.8 Å². The fourth-order valence-corrected chi connectivity index (χ4v) is 4.08. The summed E-state index contributed by atoms with van der Waals surface area (Å²) in [6.45, 7) is 2.00. The van der Waals surface area contributed by atoms with Crippen molar-refractivity contribution in [2.24, 2.45) is 4.99 Å². The average molecular weight is 343 g/mol. The summed E-state index contributed by atoms with van der Waals surface area (Å²) in [6.07, 6.45) is 0.565. The number of ether oxygens (including phenoxy) is 1. The normalized spacial score (nSPS) is 20.3. The number of hydrogen-bond acceptors (Lipinski definition) is 6. The molecule has 2 rings (SSSR count). The molecule has 9 heteroatoms. The molecule has 1 aromatic heterocycles. The molecule has 128 valence electrons. The van der Waals surface area contributed by atoms with Crippen LogP contribution in [0.2, 0.25) is 0 Å². The van der Waals surface area contributed by atoms with Crippen molar-refractivity contribution >= 4 is 21.8 Å². The summed E-state index contributed by atoms with van der Waals surface area (Å²) >= 11 is 0. The molecule has 2 N–H and O–H groups in total. The Morgan fingerprint density at radius 1 is 1.52 bits per heavy atom. The van der Waals surface area contributed by atoms with Crippen LogP contribution in [0, 0.1) is 6.92 Å². The highest BCUT2D eigenvalue weighted by molar-refractivity contribution is 7.91. The molecule has 0 aromatic carbocycles. The predicted molar refractivity (Wildman–Crippen MR) is 85.2 cm³/mol. The Hall–Kier alpha value is -2.03. The van der Waals surface area contributed by atoms with Gasteiger partial charge in [0.05, 0.1) is 25.2 Å². The minimum Gasteiger partial charge on any atom is -0.465 e. The monoisotopic (exact) mass is 343 g/mol. The highest BCUT2D eigenvalue weighted by Gasteiger charge is 2.28. The molecule has 0 spiro atoms. The summed E-state index contributed by atoms with van der Waals surface area (Å²) in [6, 6.07) is 1.47. The van der Waals surface area contributed by atoms with Gasteiger partial charge in [-0.15, -0.1) is 0 Å². The molecule has 0 aliphatic carbocycles. The van der Waals surface area contributed by atoms with Crippen LogP contribution in [0.5, 0.6) is 0 Å². The Labute approximate surface area is 135 Å². The smallest absolute Gasteiger partial charge is 0.341 e. The van der Waals surface area contributed by atoms with Crippen LogP contribution in [0.25, 0.3) is 0 Å². The van der Waals surface area contributed by atoms with Gasteiger partial charge in [-0.1, -0.05) is 0 Å². The number of sulfone groups is 1. The Kier molecular flexibility index (Phi) is 5.30. The lowest BCUT2D eigenvalue weighted by molar-refractivity contribution is 0.0599. The highest BCUT2D eigenvalue weighted by Crippen LogP contribution is 2.15. The van der Waals surface area contributed by atoms with E-state index in [1.807, 2.05) is 0 Å². The molecule has 1 saturated heterocycles. The molecule has 0 radical (unpaired) electrons. The number of hydrogen-bond donors (Lipinski definition) is 2. The Balaban J connectivity index is 1.92. The maximum atomic E-state index is 11.5. The van der Waals surface area contributed by atoms with Crippen LogP contribution >= 0.6 is 0 Å². The van der Waals surface area contributed by atoms with E-state index < -0.39 is 15.8 Å². The van der Waals surface area contributed by atoms with Crippen molar-refractivity contribution in [3.63, 3.8) is 0 Å². The molecule has 1 atom stereocenters. The molecule has 0 saturated carbocycles. The summed E-state index contributed by atoms with van der Waals surface area (Å²) in [5.41, 5.74) is 0.383. The van der Waals surface area contributed by atoms with E-state index in [9.17, 15) is 13.2 Å². The molecule has 8 nitrogen and oxygen atoms in total. The molecule has 0 bridgehead atoms. The molecule has 2 heterocycles. The van der Waals surface area contributed by atoms with Crippen LogP contribution in [-0.4, -0.2) is 52.1 Å². The molecule has 1 aromatic rings. The number of carbonyl (C=O) groups is 1. The van der Waals surface area contributed by atoms with Gasteiger partial charge in [-0.3, -0.25) is 4.99 Å².